The zero-order chi connectivity index (χ0) is 18.1. The lowest BCUT2D eigenvalue weighted by Gasteiger charge is -2.09. The first-order valence-corrected chi connectivity index (χ1v) is 8.35. The number of hydrogen-bond donors (Lipinski definition) is 0. The molecule has 128 valence electrons. The van der Waals surface area contributed by atoms with Crippen molar-refractivity contribution in [2.75, 3.05) is 14.2 Å². The predicted octanol–water partition coefficient (Wildman–Crippen LogP) is 4.20. The van der Waals surface area contributed by atoms with Crippen LogP contribution in [0.5, 0.6) is 5.75 Å². The Labute approximate surface area is 153 Å². The van der Waals surface area contributed by atoms with Gasteiger partial charge < -0.3 is 9.47 Å². The van der Waals surface area contributed by atoms with Crippen LogP contribution in [0.25, 0.3) is 10.9 Å². The average molecular weight is 402 g/mol. The van der Waals surface area contributed by atoms with Gasteiger partial charge in [0.2, 0.25) is 0 Å². The molecule has 0 radical (unpaired) electrons. The SMILES string of the molecule is COC(=O)c1c(C)n(C(=O)c2ccc(OC)c(Br)c2)c2ccccc12. The van der Waals surface area contributed by atoms with Gasteiger partial charge in [0.05, 0.1) is 29.8 Å². The van der Waals surface area contributed by atoms with Gasteiger partial charge in [-0.15, -0.1) is 0 Å². The molecular weight excluding hydrogens is 386 g/mol. The molecule has 0 unspecified atom stereocenters. The monoisotopic (exact) mass is 401 g/mol. The second-order valence-corrected chi connectivity index (χ2v) is 6.31. The van der Waals surface area contributed by atoms with Crippen molar-refractivity contribution in [2.45, 2.75) is 6.92 Å². The molecule has 0 amide bonds. The lowest BCUT2D eigenvalue weighted by molar-refractivity contribution is 0.0602. The van der Waals surface area contributed by atoms with E-state index in [0.29, 0.717) is 37.9 Å². The molecule has 0 aliphatic heterocycles. The van der Waals surface area contributed by atoms with Crippen LogP contribution in [-0.4, -0.2) is 30.7 Å². The van der Waals surface area contributed by atoms with Crippen LogP contribution >= 0.6 is 15.9 Å². The zero-order valence-electron chi connectivity index (χ0n) is 14.0. The highest BCUT2D eigenvalue weighted by atomic mass is 79.9. The van der Waals surface area contributed by atoms with Gasteiger partial charge in [0.25, 0.3) is 5.91 Å². The minimum absolute atomic E-state index is 0.229. The molecule has 1 aromatic heterocycles. The zero-order valence-corrected chi connectivity index (χ0v) is 15.6. The third-order valence-corrected chi connectivity index (χ3v) is 4.72. The first-order valence-electron chi connectivity index (χ1n) is 7.56. The minimum atomic E-state index is -0.462. The Morgan fingerprint density at radius 1 is 1.08 bits per heavy atom. The summed E-state index contributed by atoms with van der Waals surface area (Å²) in [6.45, 7) is 1.74. The Kier molecular flexibility index (Phi) is 4.63. The van der Waals surface area contributed by atoms with Crippen molar-refractivity contribution >= 4 is 38.7 Å². The fourth-order valence-electron chi connectivity index (χ4n) is 2.92. The Morgan fingerprint density at radius 3 is 2.44 bits per heavy atom. The maximum absolute atomic E-state index is 13.1. The van der Waals surface area contributed by atoms with E-state index in [-0.39, 0.29) is 5.91 Å². The van der Waals surface area contributed by atoms with Gasteiger partial charge in [0.15, 0.2) is 0 Å². The molecule has 0 saturated carbocycles. The number of rotatable bonds is 3. The molecule has 25 heavy (non-hydrogen) atoms. The molecule has 0 spiro atoms. The summed E-state index contributed by atoms with van der Waals surface area (Å²) in [5, 5.41) is 0.688. The molecule has 0 aliphatic carbocycles. The van der Waals surface area contributed by atoms with Crippen molar-refractivity contribution in [3.8, 4) is 5.75 Å². The molecule has 3 aromatic rings. The van der Waals surface area contributed by atoms with Crippen LogP contribution in [0.1, 0.15) is 26.4 Å². The van der Waals surface area contributed by atoms with E-state index in [1.54, 1.807) is 32.2 Å². The fraction of sp³-hybridized carbons (Fsp3) is 0.158. The maximum atomic E-state index is 13.1. The summed E-state index contributed by atoms with van der Waals surface area (Å²) in [6.07, 6.45) is 0. The smallest absolute Gasteiger partial charge is 0.340 e. The largest absolute Gasteiger partial charge is 0.496 e. The van der Waals surface area contributed by atoms with Gasteiger partial charge in [-0.05, 0) is 47.1 Å². The van der Waals surface area contributed by atoms with Crippen molar-refractivity contribution < 1.29 is 19.1 Å². The lowest BCUT2D eigenvalue weighted by atomic mass is 10.1. The second kappa shape index (κ2) is 6.72. The highest BCUT2D eigenvalue weighted by Gasteiger charge is 2.24. The molecule has 6 heteroatoms. The number of ether oxygens (including phenoxy) is 2. The lowest BCUT2D eigenvalue weighted by Crippen LogP contribution is -2.14. The average Bonchev–Trinajstić information content (AvgIpc) is 2.92. The van der Waals surface area contributed by atoms with E-state index >= 15 is 0 Å². The number of carbonyl (C=O) groups excluding carboxylic acids is 2. The number of nitrogens with zero attached hydrogens (tertiary/aromatic N) is 1. The summed E-state index contributed by atoms with van der Waals surface area (Å²) in [5.74, 6) is -0.0516. The first kappa shape index (κ1) is 17.2. The summed E-state index contributed by atoms with van der Waals surface area (Å²) in [7, 11) is 2.89. The summed E-state index contributed by atoms with van der Waals surface area (Å²) >= 11 is 3.40. The molecular formula is C19H16BrNO4. The maximum Gasteiger partial charge on any atom is 0.340 e. The third kappa shape index (κ3) is 2.82. The van der Waals surface area contributed by atoms with Crippen molar-refractivity contribution in [3.05, 3.63) is 63.8 Å². The molecule has 5 nitrogen and oxygen atoms in total. The first-order chi connectivity index (χ1) is 12.0. The van der Waals surface area contributed by atoms with Gasteiger partial charge in [-0.25, -0.2) is 4.79 Å². The number of esters is 1. The summed E-state index contributed by atoms with van der Waals surface area (Å²) in [6, 6.07) is 12.4. The highest BCUT2D eigenvalue weighted by molar-refractivity contribution is 9.10. The minimum Gasteiger partial charge on any atom is -0.496 e. The topological polar surface area (TPSA) is 57.5 Å². The normalized spacial score (nSPS) is 10.7. The van der Waals surface area contributed by atoms with Crippen molar-refractivity contribution in [1.29, 1.82) is 0 Å². The van der Waals surface area contributed by atoms with E-state index in [1.807, 2.05) is 24.3 Å². The molecule has 0 fully saturated rings. The van der Waals surface area contributed by atoms with Crippen molar-refractivity contribution in [3.63, 3.8) is 0 Å². The Bertz CT molecular complexity index is 990. The molecule has 0 N–H and O–H groups in total. The third-order valence-electron chi connectivity index (χ3n) is 4.10. The standard InChI is InChI=1S/C19H16BrNO4/c1-11-17(19(23)25-3)13-6-4-5-7-15(13)21(11)18(22)12-8-9-16(24-2)14(20)10-12/h4-10H,1-3H3. The number of fused-ring (bicyclic) bond motifs is 1. The summed E-state index contributed by atoms with van der Waals surface area (Å²) in [5.41, 5.74) is 2.09. The molecule has 3 rings (SSSR count). The van der Waals surface area contributed by atoms with Crippen LogP contribution in [0.3, 0.4) is 0 Å². The number of halogens is 1. The van der Waals surface area contributed by atoms with E-state index < -0.39 is 5.97 Å². The van der Waals surface area contributed by atoms with Crippen LogP contribution in [0.2, 0.25) is 0 Å². The van der Waals surface area contributed by atoms with Gasteiger partial charge >= 0.3 is 5.97 Å². The number of aromatic nitrogens is 1. The molecule has 1 heterocycles. The van der Waals surface area contributed by atoms with Crippen LogP contribution < -0.4 is 4.74 Å². The Morgan fingerprint density at radius 2 is 1.80 bits per heavy atom. The molecule has 2 aromatic carbocycles. The van der Waals surface area contributed by atoms with Gasteiger partial charge in [0, 0.05) is 16.6 Å². The van der Waals surface area contributed by atoms with E-state index in [2.05, 4.69) is 15.9 Å². The van der Waals surface area contributed by atoms with Crippen molar-refractivity contribution in [1.82, 2.24) is 4.57 Å². The van der Waals surface area contributed by atoms with E-state index in [9.17, 15) is 9.59 Å². The van der Waals surface area contributed by atoms with Gasteiger partial charge in [-0.3, -0.25) is 9.36 Å². The molecule has 0 saturated heterocycles. The second-order valence-electron chi connectivity index (χ2n) is 5.46. The molecule has 0 aliphatic rings. The number of methoxy groups -OCH3 is 2. The number of para-hydroxylation sites is 1. The summed E-state index contributed by atoms with van der Waals surface area (Å²) in [4.78, 5) is 25.3. The number of hydrogen-bond acceptors (Lipinski definition) is 4. The highest BCUT2D eigenvalue weighted by Crippen LogP contribution is 2.30. The van der Waals surface area contributed by atoms with E-state index in [0.717, 1.165) is 0 Å². The van der Waals surface area contributed by atoms with Crippen molar-refractivity contribution in [2.24, 2.45) is 0 Å². The van der Waals surface area contributed by atoms with Crippen LogP contribution in [0, 0.1) is 6.92 Å². The number of benzene rings is 2. The molecule has 0 bridgehead atoms. The van der Waals surface area contributed by atoms with Gasteiger partial charge in [-0.2, -0.15) is 0 Å². The van der Waals surface area contributed by atoms with Gasteiger partial charge in [0.1, 0.15) is 5.75 Å². The summed E-state index contributed by atoms with van der Waals surface area (Å²) < 4.78 is 12.3. The Hall–Kier alpha value is -2.60. The predicted molar refractivity (Wildman–Crippen MR) is 98.4 cm³/mol. The Balaban J connectivity index is 2.22. The number of carbonyl (C=O) groups is 2. The fourth-order valence-corrected chi connectivity index (χ4v) is 3.46. The van der Waals surface area contributed by atoms with E-state index in [1.165, 1.54) is 11.7 Å². The van der Waals surface area contributed by atoms with E-state index in [4.69, 9.17) is 9.47 Å². The van der Waals surface area contributed by atoms with Crippen LogP contribution in [-0.2, 0) is 4.74 Å². The van der Waals surface area contributed by atoms with Crippen LogP contribution in [0.4, 0.5) is 0 Å². The van der Waals surface area contributed by atoms with Gasteiger partial charge in [-0.1, -0.05) is 18.2 Å². The molecule has 0 atom stereocenters. The quantitative estimate of drug-likeness (QED) is 0.617. The van der Waals surface area contributed by atoms with Crippen LogP contribution in [0.15, 0.2) is 46.9 Å².